The van der Waals surface area contributed by atoms with Gasteiger partial charge in [0.05, 0.1) is 16.6 Å². The molecule has 2 heterocycles. The summed E-state index contributed by atoms with van der Waals surface area (Å²) in [6.07, 6.45) is 5.43. The number of hydrogen-bond donors (Lipinski definition) is 1. The molecule has 17 heavy (non-hydrogen) atoms. The largest absolute Gasteiger partial charge is 0.349 e. The van der Waals surface area contributed by atoms with Crippen LogP contribution in [0.3, 0.4) is 0 Å². The summed E-state index contributed by atoms with van der Waals surface area (Å²) in [4.78, 5) is 14.5. The molecular weight excluding hydrogens is 240 g/mol. The number of nitrogens with zero attached hydrogens (tertiary/aromatic N) is 3. The lowest BCUT2D eigenvalue weighted by atomic mass is 10.1. The first-order chi connectivity index (χ1) is 8.19. The minimum Gasteiger partial charge on any atom is -0.349 e. The molecule has 1 atom stereocenters. The van der Waals surface area contributed by atoms with Crippen molar-refractivity contribution in [1.82, 2.24) is 14.9 Å². The zero-order chi connectivity index (χ0) is 12.4. The summed E-state index contributed by atoms with van der Waals surface area (Å²) in [5.74, 6) is 0. The Morgan fingerprint density at radius 2 is 2.41 bits per heavy atom. The van der Waals surface area contributed by atoms with Gasteiger partial charge in [0, 0.05) is 36.6 Å². The molecule has 2 rings (SSSR count). The van der Waals surface area contributed by atoms with Crippen LogP contribution in [-0.4, -0.2) is 16.0 Å². The number of carbonyl (C=O) groups is 1. The third-order valence-electron chi connectivity index (χ3n) is 2.54. The summed E-state index contributed by atoms with van der Waals surface area (Å²) < 4.78 is 1.81. The number of halogens is 1. The number of fused-ring (bicyclic) bond motifs is 1. The fraction of sp³-hybridized carbons (Fsp3) is 0.182. The zero-order valence-electron chi connectivity index (χ0n) is 9.01. The number of hydrogen-bond acceptors (Lipinski definition) is 3. The highest BCUT2D eigenvalue weighted by molar-refractivity contribution is 6.35. The van der Waals surface area contributed by atoms with E-state index in [2.05, 4.69) is 10.3 Å². The Kier molecular flexibility index (Phi) is 2.98. The van der Waals surface area contributed by atoms with Gasteiger partial charge in [-0.3, -0.25) is 9.78 Å². The Bertz CT molecular complexity index is 614. The minimum atomic E-state index is -0.728. The fourth-order valence-electron chi connectivity index (χ4n) is 1.82. The van der Waals surface area contributed by atoms with Crippen LogP contribution in [0.25, 0.3) is 10.9 Å². The topological polar surface area (TPSA) is 70.7 Å². The normalized spacial score (nSPS) is 12.1. The Hall–Kier alpha value is -2.06. The van der Waals surface area contributed by atoms with Crippen molar-refractivity contribution in [2.24, 2.45) is 7.05 Å². The third-order valence-corrected chi connectivity index (χ3v) is 2.84. The molecule has 1 N–H and O–H groups in total. The summed E-state index contributed by atoms with van der Waals surface area (Å²) in [5.41, 5.74) is 1.43. The van der Waals surface area contributed by atoms with Crippen molar-refractivity contribution in [3.8, 4) is 6.07 Å². The molecule has 1 unspecified atom stereocenters. The molecule has 0 saturated carbocycles. The van der Waals surface area contributed by atoms with Crippen molar-refractivity contribution in [3.63, 3.8) is 0 Å². The molecule has 0 aliphatic heterocycles. The Morgan fingerprint density at radius 1 is 1.65 bits per heavy atom. The van der Waals surface area contributed by atoms with E-state index in [0.717, 1.165) is 10.9 Å². The Labute approximate surface area is 103 Å². The van der Waals surface area contributed by atoms with Gasteiger partial charge >= 0.3 is 0 Å². The molecule has 0 spiro atoms. The van der Waals surface area contributed by atoms with Gasteiger partial charge < -0.3 is 9.88 Å². The summed E-state index contributed by atoms with van der Waals surface area (Å²) in [7, 11) is 1.83. The smallest absolute Gasteiger partial charge is 0.208 e. The van der Waals surface area contributed by atoms with Crippen molar-refractivity contribution >= 4 is 28.9 Å². The number of pyridine rings is 1. The molecule has 1 amide bonds. The maximum Gasteiger partial charge on any atom is 0.208 e. The second-order valence-corrected chi connectivity index (χ2v) is 3.97. The molecule has 86 valence electrons. The molecule has 0 radical (unpaired) electrons. The van der Waals surface area contributed by atoms with Crippen LogP contribution in [0.1, 0.15) is 11.6 Å². The van der Waals surface area contributed by atoms with Crippen LogP contribution in [0, 0.1) is 11.3 Å². The molecule has 0 bridgehead atoms. The van der Waals surface area contributed by atoms with Gasteiger partial charge in [-0.2, -0.15) is 5.26 Å². The van der Waals surface area contributed by atoms with Crippen molar-refractivity contribution < 1.29 is 4.79 Å². The van der Waals surface area contributed by atoms with E-state index >= 15 is 0 Å². The SMILES string of the molecule is Cn1cc(Cl)c2cncc(C(C#N)NC=O)c21. The number of aryl methyl sites for hydroxylation is 1. The van der Waals surface area contributed by atoms with E-state index in [1.807, 2.05) is 17.7 Å². The molecule has 0 aromatic carbocycles. The highest BCUT2D eigenvalue weighted by atomic mass is 35.5. The predicted octanol–water partition coefficient (Wildman–Crippen LogP) is 1.54. The summed E-state index contributed by atoms with van der Waals surface area (Å²) in [6, 6.07) is 1.28. The van der Waals surface area contributed by atoms with Crippen molar-refractivity contribution in [3.05, 3.63) is 29.2 Å². The van der Waals surface area contributed by atoms with Gasteiger partial charge in [-0.25, -0.2) is 0 Å². The number of nitriles is 1. The molecule has 0 saturated heterocycles. The van der Waals surface area contributed by atoms with E-state index in [4.69, 9.17) is 16.9 Å². The molecule has 0 aliphatic rings. The lowest BCUT2D eigenvalue weighted by Crippen LogP contribution is -2.18. The number of carbonyl (C=O) groups excluding carboxylic acids is 1. The third kappa shape index (κ3) is 1.83. The molecule has 0 aliphatic carbocycles. The highest BCUT2D eigenvalue weighted by Crippen LogP contribution is 2.29. The molecule has 2 aromatic rings. The summed E-state index contributed by atoms with van der Waals surface area (Å²) >= 11 is 6.04. The van der Waals surface area contributed by atoms with E-state index in [0.29, 0.717) is 17.0 Å². The van der Waals surface area contributed by atoms with E-state index in [1.165, 1.54) is 0 Å². The first-order valence-electron chi connectivity index (χ1n) is 4.86. The van der Waals surface area contributed by atoms with Crippen LogP contribution in [0.4, 0.5) is 0 Å². The monoisotopic (exact) mass is 248 g/mol. The molecule has 6 heteroatoms. The number of rotatable bonds is 3. The van der Waals surface area contributed by atoms with Crippen LogP contribution in [-0.2, 0) is 11.8 Å². The summed E-state index contributed by atoms with van der Waals surface area (Å²) in [6.45, 7) is 0. The van der Waals surface area contributed by atoms with E-state index in [9.17, 15) is 4.79 Å². The van der Waals surface area contributed by atoms with E-state index in [-0.39, 0.29) is 0 Å². The van der Waals surface area contributed by atoms with Gasteiger partial charge in [0.1, 0.15) is 6.04 Å². The molecular formula is C11H9ClN4O. The lowest BCUT2D eigenvalue weighted by molar-refractivity contribution is -0.109. The molecule has 0 fully saturated rings. The van der Waals surface area contributed by atoms with Crippen LogP contribution in [0.2, 0.25) is 5.02 Å². The van der Waals surface area contributed by atoms with Crippen LogP contribution in [0.15, 0.2) is 18.6 Å². The second-order valence-electron chi connectivity index (χ2n) is 3.56. The van der Waals surface area contributed by atoms with Gasteiger partial charge in [0.25, 0.3) is 0 Å². The average Bonchev–Trinajstić information content (AvgIpc) is 2.62. The van der Waals surface area contributed by atoms with Crippen LogP contribution in [0.5, 0.6) is 0 Å². The van der Waals surface area contributed by atoms with Crippen LogP contribution < -0.4 is 5.32 Å². The lowest BCUT2D eigenvalue weighted by Gasteiger charge is -2.10. The maximum absolute atomic E-state index is 10.5. The van der Waals surface area contributed by atoms with Gasteiger partial charge in [-0.05, 0) is 0 Å². The molecule has 2 aromatic heterocycles. The Balaban J connectivity index is 2.69. The first-order valence-corrected chi connectivity index (χ1v) is 5.24. The average molecular weight is 249 g/mol. The van der Waals surface area contributed by atoms with Crippen LogP contribution >= 0.6 is 11.6 Å². The van der Waals surface area contributed by atoms with Gasteiger partial charge in [-0.15, -0.1) is 0 Å². The van der Waals surface area contributed by atoms with E-state index < -0.39 is 6.04 Å². The summed E-state index contributed by atoms with van der Waals surface area (Å²) in [5, 5.41) is 12.8. The predicted molar refractivity (Wildman–Crippen MR) is 63.3 cm³/mol. The number of aromatic nitrogens is 2. The number of amides is 1. The van der Waals surface area contributed by atoms with Crippen molar-refractivity contribution in [1.29, 1.82) is 5.26 Å². The Morgan fingerprint density at radius 3 is 3.06 bits per heavy atom. The number of nitrogens with one attached hydrogen (secondary N) is 1. The van der Waals surface area contributed by atoms with Gasteiger partial charge in [0.2, 0.25) is 6.41 Å². The quantitative estimate of drug-likeness (QED) is 0.838. The standard InChI is InChI=1S/C11H9ClN4O/c1-16-5-9(12)7-3-14-4-8(11(7)16)10(2-13)15-6-17/h3-6,10H,1H3,(H,15,17). The maximum atomic E-state index is 10.5. The van der Waals surface area contributed by atoms with Crippen molar-refractivity contribution in [2.75, 3.05) is 0 Å². The van der Waals surface area contributed by atoms with E-state index in [1.54, 1.807) is 18.6 Å². The van der Waals surface area contributed by atoms with Gasteiger partial charge in [-0.1, -0.05) is 11.6 Å². The van der Waals surface area contributed by atoms with Gasteiger partial charge in [0.15, 0.2) is 0 Å². The zero-order valence-corrected chi connectivity index (χ0v) is 9.77. The second kappa shape index (κ2) is 4.44. The molecule has 5 nitrogen and oxygen atoms in total. The minimum absolute atomic E-state index is 0.497. The van der Waals surface area contributed by atoms with Crippen molar-refractivity contribution in [2.45, 2.75) is 6.04 Å². The highest BCUT2D eigenvalue weighted by Gasteiger charge is 2.17. The fourth-order valence-corrected chi connectivity index (χ4v) is 2.10. The first kappa shape index (κ1) is 11.4.